The van der Waals surface area contributed by atoms with Crippen molar-refractivity contribution >= 4 is 32.2 Å². The van der Waals surface area contributed by atoms with Crippen LogP contribution >= 0.6 is 11.3 Å². The number of hydrogen-bond acceptors (Lipinski definition) is 6. The largest absolute Gasteiger partial charge is 0.381 e. The van der Waals surface area contributed by atoms with Crippen molar-refractivity contribution in [3.8, 4) is 0 Å². The molecule has 1 aromatic carbocycles. The number of thiazole rings is 1. The Morgan fingerprint density at radius 3 is 2.58 bits per heavy atom. The number of carbonyl (C=O) groups excluding carboxylic acids is 1. The fraction of sp³-hybridized carbons (Fsp3) is 0.565. The second-order valence-corrected chi connectivity index (χ2v) is 12.1. The molecule has 8 heteroatoms. The van der Waals surface area contributed by atoms with E-state index in [1.165, 1.54) is 11.3 Å². The van der Waals surface area contributed by atoms with Crippen LogP contribution in [-0.4, -0.2) is 37.8 Å². The minimum absolute atomic E-state index is 0.0685. The summed E-state index contributed by atoms with van der Waals surface area (Å²) in [5.74, 6) is 0.317. The van der Waals surface area contributed by atoms with Crippen LogP contribution in [-0.2, 0) is 19.4 Å². The average molecular weight is 461 g/mol. The zero-order chi connectivity index (χ0) is 21.4. The molecule has 166 valence electrons. The Hall–Kier alpha value is -1.77. The van der Waals surface area contributed by atoms with E-state index < -0.39 is 9.84 Å². The Balaban J connectivity index is 1.47. The topological polar surface area (TPSA) is 85.4 Å². The van der Waals surface area contributed by atoms with Crippen LogP contribution in [0.1, 0.15) is 67.9 Å². The van der Waals surface area contributed by atoms with Gasteiger partial charge in [-0.2, -0.15) is 0 Å². The molecule has 2 aliphatic carbocycles. The summed E-state index contributed by atoms with van der Waals surface area (Å²) in [4.78, 5) is 18.0. The van der Waals surface area contributed by atoms with Gasteiger partial charge < -0.3 is 10.1 Å². The van der Waals surface area contributed by atoms with E-state index in [9.17, 15) is 13.2 Å². The lowest BCUT2D eigenvalue weighted by Crippen LogP contribution is -2.26. The van der Waals surface area contributed by atoms with E-state index in [2.05, 4.69) is 10.3 Å². The van der Waals surface area contributed by atoms with Crippen LogP contribution in [0.3, 0.4) is 0 Å². The first-order valence-corrected chi connectivity index (χ1v) is 13.6. The molecular formula is C23H28N2O4S2. The maximum absolute atomic E-state index is 13.3. The van der Waals surface area contributed by atoms with Crippen LogP contribution in [0, 0.1) is 5.92 Å². The summed E-state index contributed by atoms with van der Waals surface area (Å²) in [6.07, 6.45) is 7.87. The minimum atomic E-state index is -3.26. The molecule has 1 saturated heterocycles. The number of aromatic nitrogens is 1. The predicted octanol–water partition coefficient (Wildman–Crippen LogP) is 4.50. The molecule has 0 bridgehead atoms. The Kier molecular flexibility index (Phi) is 5.88. The van der Waals surface area contributed by atoms with Gasteiger partial charge in [0.25, 0.3) is 0 Å². The van der Waals surface area contributed by atoms with E-state index in [0.717, 1.165) is 69.3 Å². The summed E-state index contributed by atoms with van der Waals surface area (Å²) in [6.45, 7) is 1.47. The van der Waals surface area contributed by atoms with Crippen molar-refractivity contribution in [2.24, 2.45) is 5.92 Å². The molecule has 1 N–H and O–H groups in total. The van der Waals surface area contributed by atoms with Crippen molar-refractivity contribution < 1.29 is 17.9 Å². The van der Waals surface area contributed by atoms with Crippen LogP contribution in [0.2, 0.25) is 0 Å². The van der Waals surface area contributed by atoms with Crippen molar-refractivity contribution in [3.63, 3.8) is 0 Å². The molecule has 1 aliphatic heterocycles. The number of ether oxygens (including phenoxy) is 1. The minimum Gasteiger partial charge on any atom is -0.381 e. The number of amides is 1. The smallest absolute Gasteiger partial charge is 0.233 e. The number of nitrogens with zero attached hydrogens (tertiary/aromatic N) is 1. The van der Waals surface area contributed by atoms with Gasteiger partial charge in [-0.3, -0.25) is 4.79 Å². The monoisotopic (exact) mass is 460 g/mol. The van der Waals surface area contributed by atoms with Crippen molar-refractivity contribution in [1.29, 1.82) is 0 Å². The highest BCUT2D eigenvalue weighted by Crippen LogP contribution is 2.46. The Labute approximate surface area is 187 Å². The van der Waals surface area contributed by atoms with Gasteiger partial charge in [0, 0.05) is 24.8 Å². The summed E-state index contributed by atoms with van der Waals surface area (Å²) in [6, 6.07) is 5.65. The molecule has 0 radical (unpaired) electrons. The fourth-order valence-corrected chi connectivity index (χ4v) is 6.96. The van der Waals surface area contributed by atoms with Gasteiger partial charge in [-0.15, -0.1) is 11.3 Å². The molecular weight excluding hydrogens is 432 g/mol. The van der Waals surface area contributed by atoms with Crippen LogP contribution in [0.5, 0.6) is 0 Å². The average Bonchev–Trinajstić information content (AvgIpc) is 3.70. The third kappa shape index (κ3) is 4.71. The molecule has 2 saturated carbocycles. The van der Waals surface area contributed by atoms with Crippen molar-refractivity contribution in [2.45, 2.75) is 66.9 Å². The number of carbonyl (C=O) groups is 1. The van der Waals surface area contributed by atoms with Crippen molar-refractivity contribution in [1.82, 2.24) is 4.98 Å². The van der Waals surface area contributed by atoms with Gasteiger partial charge in [0.2, 0.25) is 5.91 Å². The van der Waals surface area contributed by atoms with Gasteiger partial charge >= 0.3 is 0 Å². The zero-order valence-corrected chi connectivity index (χ0v) is 19.1. The van der Waals surface area contributed by atoms with Crippen LogP contribution in [0.4, 0.5) is 5.13 Å². The lowest BCUT2D eigenvalue weighted by atomic mass is 9.84. The normalized spacial score (nSPS) is 21.0. The summed E-state index contributed by atoms with van der Waals surface area (Å²) in [5, 5.41) is 5.18. The van der Waals surface area contributed by atoms with Crippen LogP contribution in [0.25, 0.3) is 0 Å². The van der Waals surface area contributed by atoms with E-state index in [4.69, 9.17) is 4.74 Å². The summed E-state index contributed by atoms with van der Waals surface area (Å²) >= 11 is 1.40. The van der Waals surface area contributed by atoms with E-state index in [1.807, 2.05) is 17.5 Å². The SMILES string of the molecule is O=C(Nc1nccs1)[C@H](CC1CCOCC1)c1ccc(S(=O)(=O)C2CC2)c(C2CC2)c1. The molecule has 0 unspecified atom stereocenters. The molecule has 3 fully saturated rings. The van der Waals surface area contributed by atoms with E-state index in [-0.39, 0.29) is 17.1 Å². The number of sulfone groups is 1. The third-order valence-corrected chi connectivity index (χ3v) is 9.63. The van der Waals surface area contributed by atoms with Crippen LogP contribution < -0.4 is 5.32 Å². The Bertz CT molecular complexity index is 1040. The number of benzene rings is 1. The number of anilines is 1. The Morgan fingerprint density at radius 1 is 1.16 bits per heavy atom. The van der Waals surface area contributed by atoms with Gasteiger partial charge in [-0.1, -0.05) is 12.1 Å². The predicted molar refractivity (Wildman–Crippen MR) is 120 cm³/mol. The van der Waals surface area contributed by atoms with Gasteiger partial charge in [-0.05, 0) is 74.0 Å². The highest BCUT2D eigenvalue weighted by atomic mass is 32.2. The Morgan fingerprint density at radius 2 is 1.94 bits per heavy atom. The summed E-state index contributed by atoms with van der Waals surface area (Å²) < 4.78 is 31.5. The fourth-order valence-electron chi connectivity index (χ4n) is 4.50. The van der Waals surface area contributed by atoms with Gasteiger partial charge in [-0.25, -0.2) is 13.4 Å². The van der Waals surface area contributed by atoms with E-state index in [1.54, 1.807) is 12.3 Å². The van der Waals surface area contributed by atoms with Crippen molar-refractivity contribution in [3.05, 3.63) is 40.9 Å². The number of nitrogens with one attached hydrogen (secondary N) is 1. The van der Waals surface area contributed by atoms with Crippen molar-refractivity contribution in [2.75, 3.05) is 18.5 Å². The molecule has 3 aliphatic rings. The molecule has 6 nitrogen and oxygen atoms in total. The molecule has 0 spiro atoms. The standard InChI is InChI=1S/C23H28N2O4S2/c26-22(25-23-24-9-12-30-23)20(13-15-7-10-29-11-8-15)17-3-6-21(19(14-17)16-1-2-16)31(27,28)18-4-5-18/h3,6,9,12,14-16,18,20H,1-2,4-5,7-8,10-11,13H2,(H,24,25,26)/t20-/m1/s1. The molecule has 1 amide bonds. The lowest BCUT2D eigenvalue weighted by Gasteiger charge is -2.27. The zero-order valence-electron chi connectivity index (χ0n) is 17.5. The van der Waals surface area contributed by atoms with E-state index in [0.29, 0.717) is 21.9 Å². The molecule has 31 heavy (non-hydrogen) atoms. The molecule has 5 rings (SSSR count). The third-order valence-electron chi connectivity index (χ3n) is 6.61. The second-order valence-electron chi connectivity index (χ2n) is 8.99. The van der Waals surface area contributed by atoms with E-state index >= 15 is 0 Å². The van der Waals surface area contributed by atoms with Gasteiger partial charge in [0.15, 0.2) is 15.0 Å². The molecule has 1 atom stereocenters. The van der Waals surface area contributed by atoms with Crippen LogP contribution in [0.15, 0.2) is 34.7 Å². The van der Waals surface area contributed by atoms with Gasteiger partial charge in [0.05, 0.1) is 16.1 Å². The van der Waals surface area contributed by atoms with Gasteiger partial charge in [0.1, 0.15) is 0 Å². The quantitative estimate of drug-likeness (QED) is 0.627. The summed E-state index contributed by atoms with van der Waals surface area (Å²) in [5.41, 5.74) is 1.83. The molecule has 2 aromatic rings. The summed E-state index contributed by atoms with van der Waals surface area (Å²) in [7, 11) is -3.26. The molecule has 1 aromatic heterocycles. The maximum Gasteiger partial charge on any atom is 0.233 e. The highest BCUT2D eigenvalue weighted by Gasteiger charge is 2.40. The first-order valence-electron chi connectivity index (χ1n) is 11.2. The number of rotatable bonds is 8. The first-order chi connectivity index (χ1) is 15.0. The maximum atomic E-state index is 13.3. The number of hydrogen-bond donors (Lipinski definition) is 1. The second kappa shape index (κ2) is 8.64. The highest BCUT2D eigenvalue weighted by molar-refractivity contribution is 7.92. The lowest BCUT2D eigenvalue weighted by molar-refractivity contribution is -0.118. The molecule has 2 heterocycles. The first kappa shape index (κ1) is 21.1.